The van der Waals surface area contributed by atoms with E-state index in [0.717, 1.165) is 51.4 Å². The molecule has 0 aromatic heterocycles. The van der Waals surface area contributed by atoms with Crippen LogP contribution < -0.4 is 5.32 Å². The molecule has 1 fully saturated rings. The van der Waals surface area contributed by atoms with Crippen LogP contribution in [0, 0.1) is 0 Å². The average Bonchev–Trinajstić information content (AvgIpc) is 2.56. The van der Waals surface area contributed by atoms with Crippen LogP contribution in [0.3, 0.4) is 0 Å². The first-order chi connectivity index (χ1) is 10.7. The molecule has 0 aliphatic carbocycles. The van der Waals surface area contributed by atoms with Gasteiger partial charge in [-0.05, 0) is 43.6 Å². The van der Waals surface area contributed by atoms with Crippen molar-refractivity contribution in [3.05, 3.63) is 35.4 Å². The summed E-state index contributed by atoms with van der Waals surface area (Å²) in [6, 6.07) is 8.17. The van der Waals surface area contributed by atoms with Crippen LogP contribution in [-0.2, 0) is 6.54 Å². The molecule has 0 radical (unpaired) electrons. The lowest BCUT2D eigenvalue weighted by molar-refractivity contribution is 0.0736. The molecular weight excluding hydrogens is 274 g/mol. The summed E-state index contributed by atoms with van der Waals surface area (Å²) in [7, 11) is 0. The third-order valence-electron chi connectivity index (χ3n) is 4.09. The second-order valence-electron chi connectivity index (χ2n) is 6.02. The Kier molecular flexibility index (Phi) is 6.87. The van der Waals surface area contributed by atoms with Crippen molar-refractivity contribution >= 4 is 5.91 Å². The monoisotopic (exact) mass is 303 g/mol. The molecular formula is C18H29N3O. The first-order valence-corrected chi connectivity index (χ1v) is 8.56. The van der Waals surface area contributed by atoms with E-state index in [4.69, 9.17) is 0 Å². The largest absolute Gasteiger partial charge is 0.336 e. The van der Waals surface area contributed by atoms with Gasteiger partial charge in [-0.3, -0.25) is 9.69 Å². The van der Waals surface area contributed by atoms with Crippen molar-refractivity contribution in [3.63, 3.8) is 0 Å². The number of amides is 1. The number of hydrogen-bond acceptors (Lipinski definition) is 3. The molecule has 0 unspecified atom stereocenters. The van der Waals surface area contributed by atoms with E-state index in [9.17, 15) is 4.79 Å². The van der Waals surface area contributed by atoms with Gasteiger partial charge in [0.25, 0.3) is 5.91 Å². The molecule has 1 aliphatic rings. The summed E-state index contributed by atoms with van der Waals surface area (Å²) in [6.45, 7) is 11.1. The van der Waals surface area contributed by atoms with Gasteiger partial charge in [0, 0.05) is 38.3 Å². The Morgan fingerprint density at radius 1 is 1.09 bits per heavy atom. The van der Waals surface area contributed by atoms with Crippen molar-refractivity contribution in [2.24, 2.45) is 0 Å². The standard InChI is InChI=1S/C18H29N3O/c1-3-11-20(12-4-2)15-16-5-7-17(8-6-16)18(22)21-13-9-19-10-14-21/h5-8,19H,3-4,9-15H2,1-2H3. The second-order valence-corrected chi connectivity index (χ2v) is 6.02. The molecule has 1 aromatic carbocycles. The van der Waals surface area contributed by atoms with Crippen molar-refractivity contribution in [3.8, 4) is 0 Å². The Labute approximate surface area is 134 Å². The third kappa shape index (κ3) is 4.82. The number of nitrogens with one attached hydrogen (secondary N) is 1. The summed E-state index contributed by atoms with van der Waals surface area (Å²) < 4.78 is 0. The van der Waals surface area contributed by atoms with Crippen molar-refractivity contribution in [1.82, 2.24) is 15.1 Å². The van der Waals surface area contributed by atoms with E-state index >= 15 is 0 Å². The SMILES string of the molecule is CCCN(CCC)Cc1ccc(C(=O)N2CCNCC2)cc1. The maximum atomic E-state index is 12.4. The van der Waals surface area contributed by atoms with Crippen LogP contribution in [0.5, 0.6) is 0 Å². The molecule has 1 heterocycles. The Bertz CT molecular complexity index is 446. The maximum Gasteiger partial charge on any atom is 0.253 e. The van der Waals surface area contributed by atoms with Gasteiger partial charge in [-0.2, -0.15) is 0 Å². The van der Waals surface area contributed by atoms with E-state index in [-0.39, 0.29) is 5.91 Å². The van der Waals surface area contributed by atoms with Gasteiger partial charge in [0.15, 0.2) is 0 Å². The molecule has 122 valence electrons. The van der Waals surface area contributed by atoms with Gasteiger partial charge in [0.2, 0.25) is 0 Å². The van der Waals surface area contributed by atoms with E-state index in [0.29, 0.717) is 0 Å². The molecule has 2 rings (SSSR count). The molecule has 0 saturated carbocycles. The molecule has 1 aliphatic heterocycles. The van der Waals surface area contributed by atoms with Crippen molar-refractivity contribution in [2.45, 2.75) is 33.2 Å². The van der Waals surface area contributed by atoms with E-state index in [1.165, 1.54) is 18.4 Å². The highest BCUT2D eigenvalue weighted by molar-refractivity contribution is 5.94. The fourth-order valence-electron chi connectivity index (χ4n) is 2.96. The van der Waals surface area contributed by atoms with Crippen LogP contribution in [-0.4, -0.2) is 55.0 Å². The van der Waals surface area contributed by atoms with Gasteiger partial charge in [-0.1, -0.05) is 26.0 Å². The number of benzene rings is 1. The van der Waals surface area contributed by atoms with E-state index in [2.05, 4.69) is 36.2 Å². The summed E-state index contributed by atoms with van der Waals surface area (Å²) in [5.41, 5.74) is 2.10. The second kappa shape index (κ2) is 8.91. The van der Waals surface area contributed by atoms with Crippen LogP contribution in [0.25, 0.3) is 0 Å². The Morgan fingerprint density at radius 3 is 2.23 bits per heavy atom. The molecule has 0 atom stereocenters. The van der Waals surface area contributed by atoms with Gasteiger partial charge < -0.3 is 10.2 Å². The number of piperazine rings is 1. The predicted octanol–water partition coefficient (Wildman–Crippen LogP) is 2.35. The van der Waals surface area contributed by atoms with Gasteiger partial charge in [0.1, 0.15) is 0 Å². The zero-order chi connectivity index (χ0) is 15.8. The van der Waals surface area contributed by atoms with E-state index < -0.39 is 0 Å². The predicted molar refractivity (Wildman–Crippen MR) is 91.1 cm³/mol. The van der Waals surface area contributed by atoms with Gasteiger partial charge >= 0.3 is 0 Å². The molecule has 1 amide bonds. The highest BCUT2D eigenvalue weighted by atomic mass is 16.2. The third-order valence-corrected chi connectivity index (χ3v) is 4.09. The fraction of sp³-hybridized carbons (Fsp3) is 0.611. The minimum Gasteiger partial charge on any atom is -0.336 e. The minimum absolute atomic E-state index is 0.159. The Balaban J connectivity index is 1.95. The van der Waals surface area contributed by atoms with Gasteiger partial charge in [-0.15, -0.1) is 0 Å². The molecule has 1 saturated heterocycles. The first-order valence-electron chi connectivity index (χ1n) is 8.56. The quantitative estimate of drug-likeness (QED) is 0.840. The maximum absolute atomic E-state index is 12.4. The highest BCUT2D eigenvalue weighted by Gasteiger charge is 2.17. The normalized spacial score (nSPS) is 15.3. The summed E-state index contributed by atoms with van der Waals surface area (Å²) in [4.78, 5) is 16.8. The molecule has 1 N–H and O–H groups in total. The first kappa shape index (κ1) is 17.0. The molecule has 1 aromatic rings. The lowest BCUT2D eigenvalue weighted by atomic mass is 10.1. The number of rotatable bonds is 7. The summed E-state index contributed by atoms with van der Waals surface area (Å²) >= 11 is 0. The fourth-order valence-corrected chi connectivity index (χ4v) is 2.96. The van der Waals surface area contributed by atoms with Crippen LogP contribution in [0.15, 0.2) is 24.3 Å². The van der Waals surface area contributed by atoms with Crippen molar-refractivity contribution in [1.29, 1.82) is 0 Å². The summed E-state index contributed by atoms with van der Waals surface area (Å²) in [6.07, 6.45) is 2.36. The van der Waals surface area contributed by atoms with Crippen LogP contribution in [0.2, 0.25) is 0 Å². The highest BCUT2D eigenvalue weighted by Crippen LogP contribution is 2.11. The molecule has 0 bridgehead atoms. The molecule has 4 heteroatoms. The lowest BCUT2D eigenvalue weighted by Crippen LogP contribution is -2.46. The average molecular weight is 303 g/mol. The number of hydrogen-bond donors (Lipinski definition) is 1. The van der Waals surface area contributed by atoms with Gasteiger partial charge in [-0.25, -0.2) is 0 Å². The van der Waals surface area contributed by atoms with E-state index in [1.807, 2.05) is 17.0 Å². The topological polar surface area (TPSA) is 35.6 Å². The van der Waals surface area contributed by atoms with Crippen LogP contribution in [0.4, 0.5) is 0 Å². The van der Waals surface area contributed by atoms with Crippen molar-refractivity contribution in [2.75, 3.05) is 39.3 Å². The minimum atomic E-state index is 0.159. The number of nitrogens with zero attached hydrogens (tertiary/aromatic N) is 2. The molecule has 4 nitrogen and oxygen atoms in total. The van der Waals surface area contributed by atoms with E-state index in [1.54, 1.807) is 0 Å². The smallest absolute Gasteiger partial charge is 0.253 e. The Hall–Kier alpha value is -1.39. The van der Waals surface area contributed by atoms with Gasteiger partial charge in [0.05, 0.1) is 0 Å². The zero-order valence-electron chi connectivity index (χ0n) is 14.0. The lowest BCUT2D eigenvalue weighted by Gasteiger charge is -2.27. The molecule has 0 spiro atoms. The number of carbonyl (C=O) groups is 1. The van der Waals surface area contributed by atoms with Crippen LogP contribution >= 0.6 is 0 Å². The Morgan fingerprint density at radius 2 is 1.68 bits per heavy atom. The summed E-state index contributed by atoms with van der Waals surface area (Å²) in [5, 5.41) is 3.28. The zero-order valence-corrected chi connectivity index (χ0v) is 14.0. The van der Waals surface area contributed by atoms with Crippen LogP contribution in [0.1, 0.15) is 42.6 Å². The molecule has 22 heavy (non-hydrogen) atoms. The summed E-state index contributed by atoms with van der Waals surface area (Å²) in [5.74, 6) is 0.159. The number of carbonyl (C=O) groups excluding carboxylic acids is 1. The van der Waals surface area contributed by atoms with Crippen molar-refractivity contribution < 1.29 is 4.79 Å².